The minimum Gasteiger partial charge on any atom is -0.497 e. The molecule has 0 saturated carbocycles. The van der Waals surface area contributed by atoms with Crippen LogP contribution in [-0.2, 0) is 23.9 Å². The van der Waals surface area contributed by atoms with Crippen LogP contribution < -0.4 is 9.64 Å². The number of benzene rings is 1. The summed E-state index contributed by atoms with van der Waals surface area (Å²) in [6.07, 6.45) is 0.304. The molecule has 32 heavy (non-hydrogen) atoms. The number of methoxy groups -OCH3 is 3. The van der Waals surface area contributed by atoms with E-state index < -0.39 is 17.5 Å². The van der Waals surface area contributed by atoms with Crippen LogP contribution in [0.15, 0.2) is 32.2 Å². The first kappa shape index (κ1) is 24.3. The Kier molecular flexibility index (Phi) is 7.06. The SMILES string of the molecule is CCC(=O)N1c2cc(OC)ccc2C(=C2SC(C(=O)OC)=C(C(=O)OC)S2)C(=S)C1(C)C. The van der Waals surface area contributed by atoms with Crippen molar-refractivity contribution in [3.63, 3.8) is 0 Å². The van der Waals surface area contributed by atoms with Crippen molar-refractivity contribution < 1.29 is 28.6 Å². The number of ether oxygens (including phenoxy) is 3. The summed E-state index contributed by atoms with van der Waals surface area (Å²) in [5, 5.41) is 0. The molecule has 1 aromatic rings. The van der Waals surface area contributed by atoms with Gasteiger partial charge in [-0.05, 0) is 26.0 Å². The van der Waals surface area contributed by atoms with Gasteiger partial charge in [0.15, 0.2) is 0 Å². The van der Waals surface area contributed by atoms with Gasteiger partial charge in [-0.15, -0.1) is 0 Å². The highest BCUT2D eigenvalue weighted by Crippen LogP contribution is 2.56. The molecule has 0 aromatic heterocycles. The summed E-state index contributed by atoms with van der Waals surface area (Å²) < 4.78 is 15.8. The third kappa shape index (κ3) is 3.95. The molecule has 10 heteroatoms. The van der Waals surface area contributed by atoms with Crippen molar-refractivity contribution in [3.05, 3.63) is 37.8 Å². The number of thioether (sulfide) groups is 2. The minimum absolute atomic E-state index is 0.0775. The fraction of sp³-hybridized carbons (Fsp3) is 0.364. The van der Waals surface area contributed by atoms with Crippen molar-refractivity contribution in [2.45, 2.75) is 32.7 Å². The number of carbonyl (C=O) groups is 3. The highest BCUT2D eigenvalue weighted by molar-refractivity contribution is 8.29. The second-order valence-corrected chi connectivity index (χ2v) is 10.1. The van der Waals surface area contributed by atoms with E-state index in [9.17, 15) is 14.4 Å². The minimum atomic E-state index is -0.829. The maximum Gasteiger partial charge on any atom is 0.346 e. The number of esters is 2. The lowest BCUT2D eigenvalue weighted by Gasteiger charge is -2.45. The van der Waals surface area contributed by atoms with Crippen molar-refractivity contribution in [2.75, 3.05) is 26.2 Å². The maximum absolute atomic E-state index is 12.9. The summed E-state index contributed by atoms with van der Waals surface area (Å²) in [6.45, 7) is 5.56. The summed E-state index contributed by atoms with van der Waals surface area (Å²) >= 11 is 8.13. The molecule has 0 radical (unpaired) electrons. The topological polar surface area (TPSA) is 82.1 Å². The van der Waals surface area contributed by atoms with Gasteiger partial charge in [-0.25, -0.2) is 9.59 Å². The zero-order chi connectivity index (χ0) is 23.8. The number of rotatable bonds is 4. The van der Waals surface area contributed by atoms with Crippen LogP contribution in [0.5, 0.6) is 5.75 Å². The number of amides is 1. The van der Waals surface area contributed by atoms with Crippen LogP contribution in [0.3, 0.4) is 0 Å². The average molecular weight is 494 g/mol. The standard InChI is InChI=1S/C22H23NO6S3/c1-7-14(24)23-13-10-11(27-4)8-9-12(13)15(18(30)22(23,2)3)21-31-16(19(25)28-5)17(32-21)20(26)29-6/h8-10H,7H2,1-6H3. The van der Waals surface area contributed by atoms with Crippen molar-refractivity contribution in [2.24, 2.45) is 0 Å². The van der Waals surface area contributed by atoms with Gasteiger partial charge < -0.3 is 19.1 Å². The second-order valence-electron chi connectivity index (χ2n) is 7.36. The molecule has 0 spiro atoms. The molecule has 2 aliphatic heterocycles. The van der Waals surface area contributed by atoms with Gasteiger partial charge in [0.25, 0.3) is 0 Å². The Morgan fingerprint density at radius 2 is 1.59 bits per heavy atom. The zero-order valence-electron chi connectivity index (χ0n) is 18.6. The van der Waals surface area contributed by atoms with E-state index in [1.165, 1.54) is 14.2 Å². The molecule has 0 saturated heterocycles. The molecular formula is C22H23NO6S3. The molecule has 7 nitrogen and oxygen atoms in total. The zero-order valence-corrected chi connectivity index (χ0v) is 21.0. The van der Waals surface area contributed by atoms with Crippen LogP contribution in [0.2, 0.25) is 0 Å². The first-order valence-corrected chi connectivity index (χ1v) is 11.7. The van der Waals surface area contributed by atoms with Crippen molar-refractivity contribution in [1.82, 2.24) is 0 Å². The molecule has 1 amide bonds. The summed E-state index contributed by atoms with van der Waals surface area (Å²) in [6, 6.07) is 5.42. The van der Waals surface area contributed by atoms with E-state index >= 15 is 0 Å². The molecule has 2 aliphatic rings. The second kappa shape index (κ2) is 9.29. The summed E-state index contributed by atoms with van der Waals surface area (Å²) in [7, 11) is 4.07. The Balaban J connectivity index is 2.27. The Hall–Kier alpha value is -2.30. The predicted octanol–water partition coefficient (Wildman–Crippen LogP) is 4.31. The molecule has 0 unspecified atom stereocenters. The third-order valence-electron chi connectivity index (χ3n) is 5.15. The molecule has 0 bridgehead atoms. The van der Waals surface area contributed by atoms with Crippen LogP contribution in [0.4, 0.5) is 5.69 Å². The van der Waals surface area contributed by atoms with Gasteiger partial charge in [0.05, 0.1) is 41.7 Å². The number of fused-ring (bicyclic) bond motifs is 1. The van der Waals surface area contributed by atoms with Gasteiger partial charge in [-0.2, -0.15) is 0 Å². The quantitative estimate of drug-likeness (QED) is 0.346. The maximum atomic E-state index is 12.9. The molecule has 2 heterocycles. The average Bonchev–Trinajstić information content (AvgIpc) is 3.23. The normalized spacial score (nSPS) is 17.3. The molecule has 0 fully saturated rings. The number of hydrogen-bond donors (Lipinski definition) is 0. The van der Waals surface area contributed by atoms with E-state index in [2.05, 4.69) is 0 Å². The number of carbonyl (C=O) groups excluding carboxylic acids is 3. The van der Waals surface area contributed by atoms with E-state index in [0.29, 0.717) is 32.5 Å². The number of anilines is 1. The van der Waals surface area contributed by atoms with Gasteiger partial charge in [-0.3, -0.25) is 4.79 Å². The lowest BCUT2D eigenvalue weighted by molar-refractivity contribution is -0.138. The number of hydrogen-bond acceptors (Lipinski definition) is 9. The van der Waals surface area contributed by atoms with Crippen LogP contribution in [0, 0.1) is 0 Å². The molecule has 170 valence electrons. The van der Waals surface area contributed by atoms with Crippen LogP contribution in [-0.4, -0.2) is 49.6 Å². The monoisotopic (exact) mass is 493 g/mol. The number of thiocarbonyl (C=S) groups is 1. The van der Waals surface area contributed by atoms with Crippen molar-refractivity contribution >= 4 is 69.7 Å². The summed E-state index contributed by atoms with van der Waals surface area (Å²) in [4.78, 5) is 40.2. The Bertz CT molecular complexity index is 1060. The van der Waals surface area contributed by atoms with Gasteiger partial charge >= 0.3 is 11.9 Å². The van der Waals surface area contributed by atoms with E-state index in [-0.39, 0.29) is 15.7 Å². The van der Waals surface area contributed by atoms with E-state index in [1.54, 1.807) is 31.1 Å². The van der Waals surface area contributed by atoms with E-state index in [0.717, 1.165) is 29.1 Å². The summed E-state index contributed by atoms with van der Waals surface area (Å²) in [5.74, 6) is -0.735. The van der Waals surface area contributed by atoms with Crippen molar-refractivity contribution in [3.8, 4) is 5.75 Å². The summed E-state index contributed by atoms with van der Waals surface area (Å²) in [5.41, 5.74) is 1.25. The van der Waals surface area contributed by atoms with Crippen LogP contribution in [0.1, 0.15) is 32.8 Å². The molecule has 3 rings (SSSR count). The van der Waals surface area contributed by atoms with Crippen LogP contribution >= 0.6 is 35.7 Å². The van der Waals surface area contributed by atoms with Gasteiger partial charge in [0.1, 0.15) is 15.6 Å². The first-order valence-electron chi connectivity index (χ1n) is 9.69. The largest absolute Gasteiger partial charge is 0.497 e. The molecule has 0 atom stereocenters. The molecular weight excluding hydrogens is 470 g/mol. The van der Waals surface area contributed by atoms with E-state index in [1.807, 2.05) is 19.9 Å². The lowest BCUT2D eigenvalue weighted by Crippen LogP contribution is -2.55. The highest BCUT2D eigenvalue weighted by Gasteiger charge is 2.45. The Morgan fingerprint density at radius 1 is 1.03 bits per heavy atom. The van der Waals surface area contributed by atoms with Gasteiger partial charge in [0.2, 0.25) is 5.91 Å². The smallest absolute Gasteiger partial charge is 0.346 e. The van der Waals surface area contributed by atoms with Crippen LogP contribution in [0.25, 0.3) is 5.57 Å². The predicted molar refractivity (Wildman–Crippen MR) is 131 cm³/mol. The fourth-order valence-electron chi connectivity index (χ4n) is 3.53. The van der Waals surface area contributed by atoms with Crippen molar-refractivity contribution in [1.29, 1.82) is 0 Å². The fourth-order valence-corrected chi connectivity index (χ4v) is 6.56. The molecule has 1 aromatic carbocycles. The Labute approximate surface area is 200 Å². The third-order valence-corrected chi connectivity index (χ3v) is 8.41. The van der Waals surface area contributed by atoms with Gasteiger partial charge in [0, 0.05) is 23.6 Å². The first-order chi connectivity index (χ1) is 15.1. The molecule has 0 aliphatic carbocycles. The molecule has 0 N–H and O–H groups in total. The lowest BCUT2D eigenvalue weighted by atomic mass is 9.83. The highest BCUT2D eigenvalue weighted by atomic mass is 32.2. The van der Waals surface area contributed by atoms with E-state index in [4.69, 9.17) is 26.4 Å². The Morgan fingerprint density at radius 3 is 2.06 bits per heavy atom. The van der Waals surface area contributed by atoms with Gasteiger partial charge in [-0.1, -0.05) is 42.7 Å². The number of nitrogens with zero attached hydrogens (tertiary/aromatic N) is 1.